The molecule has 0 spiro atoms. The van der Waals surface area contributed by atoms with Crippen molar-refractivity contribution in [3.63, 3.8) is 0 Å². The van der Waals surface area contributed by atoms with Crippen molar-refractivity contribution in [2.45, 2.75) is 25.4 Å². The summed E-state index contributed by atoms with van der Waals surface area (Å²) in [6.07, 6.45) is 5.43. The molecule has 7 heteroatoms. The van der Waals surface area contributed by atoms with Gasteiger partial charge < -0.3 is 14.3 Å². The van der Waals surface area contributed by atoms with Crippen molar-refractivity contribution in [2.75, 3.05) is 6.54 Å². The Balaban J connectivity index is 1.38. The molecule has 3 aromatic heterocycles. The number of amides is 1. The van der Waals surface area contributed by atoms with Crippen molar-refractivity contribution in [1.82, 2.24) is 24.6 Å². The summed E-state index contributed by atoms with van der Waals surface area (Å²) in [6.45, 7) is 1.21. The first kappa shape index (κ1) is 15.9. The number of benzene rings is 1. The van der Waals surface area contributed by atoms with Crippen molar-refractivity contribution in [1.29, 1.82) is 0 Å². The lowest BCUT2D eigenvalue weighted by atomic mass is 10.2. The minimum absolute atomic E-state index is 0.0513. The SMILES string of the molecule is O=C(c1ccc(Cn2cccn2)o1)N1CCCC1c1nc2ccccc2[nH]1. The largest absolute Gasteiger partial charge is 0.454 e. The Hall–Kier alpha value is -3.35. The minimum atomic E-state index is -0.0929. The van der Waals surface area contributed by atoms with Gasteiger partial charge in [-0.1, -0.05) is 12.1 Å². The number of para-hydroxylation sites is 2. The molecule has 1 aromatic carbocycles. The molecular weight excluding hydrogens is 342 g/mol. The Kier molecular flexibility index (Phi) is 3.78. The molecule has 1 N–H and O–H groups in total. The van der Waals surface area contributed by atoms with E-state index in [9.17, 15) is 4.79 Å². The monoisotopic (exact) mass is 361 g/mol. The molecule has 1 aliphatic heterocycles. The minimum Gasteiger partial charge on any atom is -0.454 e. The van der Waals surface area contributed by atoms with Gasteiger partial charge in [-0.05, 0) is 43.2 Å². The number of nitrogens with one attached hydrogen (secondary N) is 1. The molecule has 1 unspecified atom stereocenters. The van der Waals surface area contributed by atoms with Crippen LogP contribution in [0.4, 0.5) is 0 Å². The number of carbonyl (C=O) groups is 1. The molecular formula is C20H19N5O2. The summed E-state index contributed by atoms with van der Waals surface area (Å²) in [6, 6.07) is 13.3. The first-order valence-corrected chi connectivity index (χ1v) is 9.10. The van der Waals surface area contributed by atoms with E-state index in [1.165, 1.54) is 0 Å². The maximum Gasteiger partial charge on any atom is 0.290 e. The van der Waals surface area contributed by atoms with E-state index in [2.05, 4.69) is 15.1 Å². The van der Waals surface area contributed by atoms with Crippen LogP contribution in [0, 0.1) is 0 Å². The molecule has 7 nitrogen and oxygen atoms in total. The smallest absolute Gasteiger partial charge is 0.290 e. The summed E-state index contributed by atoms with van der Waals surface area (Å²) in [5, 5.41) is 4.16. The third-order valence-electron chi connectivity index (χ3n) is 4.99. The first-order valence-electron chi connectivity index (χ1n) is 9.10. The first-order chi connectivity index (χ1) is 13.3. The zero-order valence-corrected chi connectivity index (χ0v) is 14.7. The summed E-state index contributed by atoms with van der Waals surface area (Å²) in [4.78, 5) is 22.9. The van der Waals surface area contributed by atoms with E-state index in [4.69, 9.17) is 4.42 Å². The number of likely N-dealkylation sites (tertiary alicyclic amines) is 1. The quantitative estimate of drug-likeness (QED) is 0.604. The molecule has 27 heavy (non-hydrogen) atoms. The molecule has 5 rings (SSSR count). The lowest BCUT2D eigenvalue weighted by Gasteiger charge is -2.22. The van der Waals surface area contributed by atoms with Gasteiger partial charge in [-0.2, -0.15) is 5.10 Å². The van der Waals surface area contributed by atoms with Gasteiger partial charge in [0.05, 0.1) is 23.6 Å². The number of carbonyl (C=O) groups excluding carboxylic acids is 1. The average Bonchev–Trinajstić information content (AvgIpc) is 3.45. The number of fused-ring (bicyclic) bond motifs is 1. The molecule has 0 saturated carbocycles. The standard InChI is InChI=1S/C20H19N5O2/c26-20(18-9-8-14(27-18)13-24-11-4-10-21-24)25-12-3-7-17(25)19-22-15-5-1-2-6-16(15)23-19/h1-2,4-6,8-11,17H,3,7,12-13H2,(H,22,23). The highest BCUT2D eigenvalue weighted by atomic mass is 16.4. The molecule has 1 amide bonds. The molecule has 0 aliphatic carbocycles. The highest BCUT2D eigenvalue weighted by molar-refractivity contribution is 5.92. The Labute approximate surface area is 155 Å². The number of furan rings is 1. The Bertz CT molecular complexity index is 1050. The van der Waals surface area contributed by atoms with Gasteiger partial charge in [-0.25, -0.2) is 4.98 Å². The Morgan fingerprint density at radius 2 is 2.15 bits per heavy atom. The maximum absolute atomic E-state index is 13.0. The van der Waals surface area contributed by atoms with Gasteiger partial charge in [0.15, 0.2) is 5.76 Å². The van der Waals surface area contributed by atoms with Crippen LogP contribution in [-0.2, 0) is 6.54 Å². The molecule has 4 heterocycles. The van der Waals surface area contributed by atoms with E-state index in [1.54, 1.807) is 16.9 Å². The molecule has 0 bridgehead atoms. The molecule has 1 saturated heterocycles. The molecule has 1 aliphatic rings. The summed E-state index contributed by atoms with van der Waals surface area (Å²) >= 11 is 0. The van der Waals surface area contributed by atoms with Gasteiger partial charge in [0.25, 0.3) is 5.91 Å². The predicted octanol–water partition coefficient (Wildman–Crippen LogP) is 3.38. The predicted molar refractivity (Wildman–Crippen MR) is 99.1 cm³/mol. The number of aromatic amines is 1. The number of rotatable bonds is 4. The van der Waals surface area contributed by atoms with Crippen molar-refractivity contribution >= 4 is 16.9 Å². The fraction of sp³-hybridized carbons (Fsp3) is 0.250. The third-order valence-corrected chi connectivity index (χ3v) is 4.99. The van der Waals surface area contributed by atoms with Gasteiger partial charge in [0.2, 0.25) is 0 Å². The van der Waals surface area contributed by atoms with Crippen LogP contribution < -0.4 is 0 Å². The Morgan fingerprint density at radius 1 is 1.22 bits per heavy atom. The highest BCUT2D eigenvalue weighted by Crippen LogP contribution is 2.32. The van der Waals surface area contributed by atoms with Gasteiger partial charge >= 0.3 is 0 Å². The zero-order valence-electron chi connectivity index (χ0n) is 14.7. The van der Waals surface area contributed by atoms with E-state index in [1.807, 2.05) is 47.5 Å². The number of H-pyrrole nitrogens is 1. The fourth-order valence-electron chi connectivity index (χ4n) is 3.70. The van der Waals surface area contributed by atoms with Gasteiger partial charge in [-0.15, -0.1) is 0 Å². The summed E-state index contributed by atoms with van der Waals surface area (Å²) in [7, 11) is 0. The van der Waals surface area contributed by atoms with Crippen LogP contribution in [0.2, 0.25) is 0 Å². The van der Waals surface area contributed by atoms with E-state index in [0.717, 1.165) is 29.7 Å². The second kappa shape index (κ2) is 6.42. The number of hydrogen-bond acceptors (Lipinski definition) is 4. The normalized spacial score (nSPS) is 17.0. The van der Waals surface area contributed by atoms with Crippen LogP contribution in [0.25, 0.3) is 11.0 Å². The van der Waals surface area contributed by atoms with E-state index < -0.39 is 0 Å². The van der Waals surface area contributed by atoms with Crippen LogP contribution in [-0.4, -0.2) is 37.1 Å². The lowest BCUT2D eigenvalue weighted by Crippen LogP contribution is -2.30. The summed E-state index contributed by atoms with van der Waals surface area (Å²) in [5.74, 6) is 1.82. The number of imidazole rings is 1. The fourth-order valence-corrected chi connectivity index (χ4v) is 3.70. The molecule has 136 valence electrons. The second-order valence-corrected chi connectivity index (χ2v) is 6.77. The topological polar surface area (TPSA) is 79.9 Å². The van der Waals surface area contributed by atoms with E-state index >= 15 is 0 Å². The Morgan fingerprint density at radius 3 is 3.00 bits per heavy atom. The number of hydrogen-bond donors (Lipinski definition) is 1. The van der Waals surface area contributed by atoms with Gasteiger partial charge in [-0.3, -0.25) is 9.48 Å². The van der Waals surface area contributed by atoms with Crippen LogP contribution in [0.1, 0.15) is 41.0 Å². The number of aromatic nitrogens is 4. The lowest BCUT2D eigenvalue weighted by molar-refractivity contribution is 0.0696. The maximum atomic E-state index is 13.0. The van der Waals surface area contributed by atoms with E-state index in [0.29, 0.717) is 24.6 Å². The second-order valence-electron chi connectivity index (χ2n) is 6.77. The molecule has 0 radical (unpaired) electrons. The number of nitrogens with zero attached hydrogens (tertiary/aromatic N) is 4. The van der Waals surface area contributed by atoms with Crippen LogP contribution in [0.15, 0.2) is 59.3 Å². The molecule has 1 fully saturated rings. The van der Waals surface area contributed by atoms with Gasteiger partial charge in [0, 0.05) is 18.9 Å². The molecule has 1 atom stereocenters. The van der Waals surface area contributed by atoms with Crippen molar-refractivity contribution in [2.24, 2.45) is 0 Å². The third kappa shape index (κ3) is 2.91. The van der Waals surface area contributed by atoms with Crippen LogP contribution in [0.5, 0.6) is 0 Å². The average molecular weight is 361 g/mol. The van der Waals surface area contributed by atoms with Crippen LogP contribution >= 0.6 is 0 Å². The van der Waals surface area contributed by atoms with Crippen LogP contribution in [0.3, 0.4) is 0 Å². The van der Waals surface area contributed by atoms with Crippen molar-refractivity contribution in [3.05, 3.63) is 72.2 Å². The summed E-state index contributed by atoms with van der Waals surface area (Å²) < 4.78 is 7.56. The molecule has 4 aromatic rings. The van der Waals surface area contributed by atoms with E-state index in [-0.39, 0.29) is 11.9 Å². The van der Waals surface area contributed by atoms with Crippen molar-refractivity contribution < 1.29 is 9.21 Å². The highest BCUT2D eigenvalue weighted by Gasteiger charge is 2.34. The van der Waals surface area contributed by atoms with Crippen molar-refractivity contribution in [3.8, 4) is 0 Å². The zero-order chi connectivity index (χ0) is 18.2. The summed E-state index contributed by atoms with van der Waals surface area (Å²) in [5.41, 5.74) is 1.91. The van der Waals surface area contributed by atoms with Gasteiger partial charge in [0.1, 0.15) is 11.6 Å².